The lowest BCUT2D eigenvalue weighted by molar-refractivity contribution is -0.131. The number of aliphatic carboxylic acids is 1. The second kappa shape index (κ2) is 4.96. The maximum absolute atomic E-state index is 11.5. The summed E-state index contributed by atoms with van der Waals surface area (Å²) in [6, 6.07) is 10.3. The van der Waals surface area contributed by atoms with Crippen LogP contribution in [-0.2, 0) is 4.79 Å². The molecule has 0 aliphatic carbocycles. The van der Waals surface area contributed by atoms with Gasteiger partial charge >= 0.3 is 5.97 Å². The number of fused-ring (bicyclic) bond motifs is 2. The number of carbonyl (C=O) groups excluding carboxylic acids is 1. The highest BCUT2D eigenvalue weighted by atomic mass is 79.9. The highest BCUT2D eigenvalue weighted by molar-refractivity contribution is 9.10. The lowest BCUT2D eigenvalue weighted by Crippen LogP contribution is -2.12. The number of Topliss-reactive ketones (excluding diaryl/α,β-unsaturated/α-hetero) is 1. The Morgan fingerprint density at radius 2 is 1.70 bits per heavy atom. The van der Waals surface area contributed by atoms with Gasteiger partial charge in [0.15, 0.2) is 0 Å². The fourth-order valence-corrected chi connectivity index (χ4v) is 3.36. The van der Waals surface area contributed by atoms with E-state index in [2.05, 4.69) is 15.9 Å². The standard InChI is InChI=1S/C14H7BrO4S/c15-8-2-4-10-12(6-8)20-11-5-7(13(16)14(17)18)1-3-9(11)19-10/h1-6H,(H,17,18). The van der Waals surface area contributed by atoms with Crippen molar-refractivity contribution in [1.82, 2.24) is 0 Å². The molecule has 0 aromatic heterocycles. The largest absolute Gasteiger partial charge is 0.475 e. The van der Waals surface area contributed by atoms with Gasteiger partial charge in [0.25, 0.3) is 5.78 Å². The van der Waals surface area contributed by atoms with Gasteiger partial charge in [0.2, 0.25) is 0 Å². The van der Waals surface area contributed by atoms with Gasteiger partial charge in [-0.15, -0.1) is 0 Å². The van der Waals surface area contributed by atoms with Gasteiger partial charge in [0.1, 0.15) is 11.5 Å². The molecule has 0 amide bonds. The van der Waals surface area contributed by atoms with Gasteiger partial charge < -0.3 is 9.84 Å². The summed E-state index contributed by atoms with van der Waals surface area (Å²) in [4.78, 5) is 23.8. The number of rotatable bonds is 2. The molecular weight excluding hydrogens is 344 g/mol. The van der Waals surface area contributed by atoms with Crippen molar-refractivity contribution in [3.05, 3.63) is 46.4 Å². The third-order valence-electron chi connectivity index (χ3n) is 2.75. The molecule has 2 aromatic rings. The molecule has 1 aliphatic rings. The molecule has 4 nitrogen and oxygen atoms in total. The number of carboxylic acid groups (broad SMARTS) is 1. The number of benzene rings is 2. The van der Waals surface area contributed by atoms with Gasteiger partial charge in [-0.3, -0.25) is 4.79 Å². The molecule has 0 radical (unpaired) electrons. The second-order valence-corrected chi connectivity index (χ2v) is 6.09. The van der Waals surface area contributed by atoms with Crippen LogP contribution in [0, 0.1) is 0 Å². The first-order valence-corrected chi connectivity index (χ1v) is 7.22. The SMILES string of the molecule is O=C(O)C(=O)c1ccc2c(c1)Sc1cc(Br)ccc1O2. The van der Waals surface area contributed by atoms with Gasteiger partial charge in [0, 0.05) is 10.0 Å². The molecule has 3 rings (SSSR count). The van der Waals surface area contributed by atoms with Crippen molar-refractivity contribution in [3.63, 3.8) is 0 Å². The monoisotopic (exact) mass is 350 g/mol. The molecule has 6 heteroatoms. The molecule has 0 fully saturated rings. The third-order valence-corrected chi connectivity index (χ3v) is 4.32. The van der Waals surface area contributed by atoms with Gasteiger partial charge in [0.05, 0.1) is 9.79 Å². The molecule has 0 saturated carbocycles. The summed E-state index contributed by atoms with van der Waals surface area (Å²) in [6.07, 6.45) is 0. The molecule has 20 heavy (non-hydrogen) atoms. The lowest BCUT2D eigenvalue weighted by atomic mass is 10.1. The van der Waals surface area contributed by atoms with Gasteiger partial charge in [-0.1, -0.05) is 27.7 Å². The Hall–Kier alpha value is -1.79. The van der Waals surface area contributed by atoms with E-state index < -0.39 is 11.8 Å². The van der Waals surface area contributed by atoms with E-state index in [0.717, 1.165) is 20.0 Å². The van der Waals surface area contributed by atoms with Crippen LogP contribution in [0.15, 0.2) is 50.7 Å². The minimum absolute atomic E-state index is 0.144. The summed E-state index contributed by atoms with van der Waals surface area (Å²) in [5.74, 6) is -1.03. The summed E-state index contributed by atoms with van der Waals surface area (Å²) in [5, 5.41) is 8.74. The number of hydrogen-bond acceptors (Lipinski definition) is 4. The van der Waals surface area contributed by atoms with E-state index in [0.29, 0.717) is 5.75 Å². The smallest absolute Gasteiger partial charge is 0.377 e. The quantitative estimate of drug-likeness (QED) is 0.559. The van der Waals surface area contributed by atoms with E-state index in [1.54, 1.807) is 12.1 Å². The Morgan fingerprint density at radius 3 is 2.40 bits per heavy atom. The van der Waals surface area contributed by atoms with Crippen molar-refractivity contribution in [2.24, 2.45) is 0 Å². The Morgan fingerprint density at radius 1 is 1.05 bits per heavy atom. The molecule has 1 heterocycles. The normalized spacial score (nSPS) is 12.1. The molecule has 0 atom stereocenters. The summed E-state index contributed by atoms with van der Waals surface area (Å²) >= 11 is 4.83. The van der Waals surface area contributed by atoms with Crippen molar-refractivity contribution >= 4 is 39.4 Å². The first kappa shape index (κ1) is 13.2. The molecule has 2 aromatic carbocycles. The van der Waals surface area contributed by atoms with Gasteiger partial charge in [-0.25, -0.2) is 4.79 Å². The Labute approximate surface area is 126 Å². The van der Waals surface area contributed by atoms with E-state index in [1.807, 2.05) is 18.2 Å². The Balaban J connectivity index is 2.01. The molecule has 100 valence electrons. The van der Waals surface area contributed by atoms with Crippen LogP contribution in [0.5, 0.6) is 11.5 Å². The number of ketones is 1. The van der Waals surface area contributed by atoms with Crippen molar-refractivity contribution < 1.29 is 19.4 Å². The van der Waals surface area contributed by atoms with Crippen molar-refractivity contribution in [3.8, 4) is 11.5 Å². The summed E-state index contributed by atoms with van der Waals surface area (Å²) in [5.41, 5.74) is 0.144. The van der Waals surface area contributed by atoms with Crippen LogP contribution >= 0.6 is 27.7 Å². The zero-order valence-corrected chi connectivity index (χ0v) is 12.3. The first-order valence-electron chi connectivity index (χ1n) is 5.61. The van der Waals surface area contributed by atoms with Crippen LogP contribution in [0.1, 0.15) is 10.4 Å². The van der Waals surface area contributed by atoms with Crippen LogP contribution in [0.3, 0.4) is 0 Å². The third kappa shape index (κ3) is 2.32. The minimum Gasteiger partial charge on any atom is -0.475 e. The topological polar surface area (TPSA) is 63.6 Å². The van der Waals surface area contributed by atoms with Crippen molar-refractivity contribution in [2.45, 2.75) is 9.79 Å². The number of ether oxygens (including phenoxy) is 1. The lowest BCUT2D eigenvalue weighted by Gasteiger charge is -2.19. The van der Waals surface area contributed by atoms with E-state index >= 15 is 0 Å². The predicted molar refractivity (Wildman–Crippen MR) is 76.7 cm³/mol. The minimum atomic E-state index is -1.46. The molecular formula is C14H7BrO4S. The van der Waals surface area contributed by atoms with E-state index in [9.17, 15) is 9.59 Å². The molecule has 1 N–H and O–H groups in total. The Bertz CT molecular complexity index is 742. The molecule has 0 spiro atoms. The molecule has 0 bridgehead atoms. The van der Waals surface area contributed by atoms with E-state index in [4.69, 9.17) is 9.84 Å². The predicted octanol–water partition coefficient (Wildman–Crippen LogP) is 3.97. The maximum atomic E-state index is 11.5. The molecule has 1 aliphatic heterocycles. The van der Waals surface area contributed by atoms with Crippen LogP contribution in [-0.4, -0.2) is 16.9 Å². The highest BCUT2D eigenvalue weighted by Gasteiger charge is 2.21. The molecule has 0 unspecified atom stereocenters. The maximum Gasteiger partial charge on any atom is 0.377 e. The fourth-order valence-electron chi connectivity index (χ4n) is 1.82. The Kier molecular flexibility index (Phi) is 3.27. The second-order valence-electron chi connectivity index (χ2n) is 4.09. The van der Waals surface area contributed by atoms with Gasteiger partial charge in [-0.2, -0.15) is 0 Å². The van der Waals surface area contributed by atoms with Crippen LogP contribution in [0.2, 0.25) is 0 Å². The summed E-state index contributed by atoms with van der Waals surface area (Å²) in [7, 11) is 0. The zero-order chi connectivity index (χ0) is 14.3. The summed E-state index contributed by atoms with van der Waals surface area (Å²) < 4.78 is 6.65. The number of hydrogen-bond donors (Lipinski definition) is 1. The number of carbonyl (C=O) groups is 2. The van der Waals surface area contributed by atoms with Gasteiger partial charge in [-0.05, 0) is 36.4 Å². The van der Waals surface area contributed by atoms with Crippen LogP contribution in [0.4, 0.5) is 0 Å². The average Bonchev–Trinajstić information content (AvgIpc) is 2.43. The van der Waals surface area contributed by atoms with Crippen molar-refractivity contribution in [1.29, 1.82) is 0 Å². The first-order chi connectivity index (χ1) is 9.54. The van der Waals surface area contributed by atoms with Crippen LogP contribution in [0.25, 0.3) is 0 Å². The van der Waals surface area contributed by atoms with E-state index in [1.165, 1.54) is 17.8 Å². The number of halogens is 1. The molecule has 0 saturated heterocycles. The highest BCUT2D eigenvalue weighted by Crippen LogP contribution is 2.47. The van der Waals surface area contributed by atoms with Crippen LogP contribution < -0.4 is 4.74 Å². The van der Waals surface area contributed by atoms with E-state index in [-0.39, 0.29) is 5.56 Å². The average molecular weight is 351 g/mol. The number of carboxylic acids is 1. The fraction of sp³-hybridized carbons (Fsp3) is 0. The summed E-state index contributed by atoms with van der Waals surface area (Å²) in [6.45, 7) is 0. The van der Waals surface area contributed by atoms with Crippen molar-refractivity contribution in [2.75, 3.05) is 0 Å². The zero-order valence-electron chi connectivity index (χ0n) is 9.92.